The standard InChI is InChI=1S/C38H41F3N4O4/c1-4-24-19-29(33(46)5-2)26(25-9-6-7-10-25)13-14-32(24)43-23(3)44-35-20-31(38(39,40)41)30(22-42-35)27-11-8-12-28-34(47)21-36(49-37(27)28)45-15-17-48-18-16-45/h4,8,11-12,19-22,25-26H,3,5-7,9-10,13-18H2,1-2H3,(H,42,44)/b24-4?,43-32-. The highest BCUT2D eigenvalue weighted by Crippen LogP contribution is 2.42. The molecule has 1 aliphatic heterocycles. The van der Waals surface area contributed by atoms with Crippen molar-refractivity contribution in [1.29, 1.82) is 0 Å². The molecular formula is C38H41F3N4O4. The number of alkyl halides is 3. The number of ether oxygens (including phenoxy) is 1. The van der Waals surface area contributed by atoms with E-state index in [4.69, 9.17) is 14.1 Å². The lowest BCUT2D eigenvalue weighted by molar-refractivity contribution is -0.137. The number of carbonyl (C=O) groups is 1. The molecule has 0 amide bonds. The second kappa shape index (κ2) is 14.5. The Morgan fingerprint density at radius 2 is 1.90 bits per heavy atom. The van der Waals surface area contributed by atoms with Crippen LogP contribution in [0.5, 0.6) is 0 Å². The van der Waals surface area contributed by atoms with Gasteiger partial charge in [0.1, 0.15) is 17.2 Å². The van der Waals surface area contributed by atoms with Crippen LogP contribution in [-0.4, -0.2) is 42.8 Å². The number of aliphatic imine (C=N–C) groups is 1. The first-order chi connectivity index (χ1) is 23.6. The van der Waals surface area contributed by atoms with Crippen molar-refractivity contribution >= 4 is 34.2 Å². The van der Waals surface area contributed by atoms with Crippen molar-refractivity contribution in [2.45, 2.75) is 65.0 Å². The van der Waals surface area contributed by atoms with Gasteiger partial charge in [-0.25, -0.2) is 9.98 Å². The number of carbonyl (C=O) groups excluding carboxylic acids is 1. The minimum absolute atomic E-state index is 0.0532. The Bertz CT molecular complexity index is 1900. The number of ketones is 1. The Morgan fingerprint density at radius 1 is 1.14 bits per heavy atom. The summed E-state index contributed by atoms with van der Waals surface area (Å²) < 4.78 is 55.5. The maximum atomic E-state index is 14.7. The van der Waals surface area contributed by atoms with E-state index in [1.165, 1.54) is 37.1 Å². The van der Waals surface area contributed by atoms with E-state index in [0.717, 1.165) is 48.4 Å². The number of fused-ring (bicyclic) bond motifs is 1. The smallest absolute Gasteiger partial charge is 0.417 e. The maximum absolute atomic E-state index is 14.7. The summed E-state index contributed by atoms with van der Waals surface area (Å²) >= 11 is 0. The highest BCUT2D eigenvalue weighted by atomic mass is 19.4. The molecule has 3 aromatic rings. The van der Waals surface area contributed by atoms with E-state index < -0.39 is 11.7 Å². The van der Waals surface area contributed by atoms with E-state index in [0.29, 0.717) is 45.1 Å². The summed E-state index contributed by atoms with van der Waals surface area (Å²) in [7, 11) is 0. The van der Waals surface area contributed by atoms with Gasteiger partial charge in [0.15, 0.2) is 17.1 Å². The van der Waals surface area contributed by atoms with Crippen LogP contribution in [0, 0.1) is 11.8 Å². The van der Waals surface area contributed by atoms with Crippen molar-refractivity contribution in [2.75, 3.05) is 36.5 Å². The maximum Gasteiger partial charge on any atom is 0.417 e. The fourth-order valence-electron chi connectivity index (χ4n) is 7.29. The minimum atomic E-state index is -4.76. The molecule has 8 nitrogen and oxygen atoms in total. The Labute approximate surface area is 283 Å². The van der Waals surface area contributed by atoms with Crippen LogP contribution in [0.1, 0.15) is 64.4 Å². The van der Waals surface area contributed by atoms with E-state index in [1.807, 2.05) is 30.9 Å². The average molecular weight is 675 g/mol. The zero-order chi connectivity index (χ0) is 34.7. The summed E-state index contributed by atoms with van der Waals surface area (Å²) in [5, 5.41) is 3.03. The van der Waals surface area contributed by atoms with Gasteiger partial charge in [-0.15, -0.1) is 0 Å². The van der Waals surface area contributed by atoms with Gasteiger partial charge in [-0.3, -0.25) is 9.59 Å². The zero-order valence-corrected chi connectivity index (χ0v) is 27.9. The Hall–Kier alpha value is -4.51. The van der Waals surface area contributed by atoms with Gasteiger partial charge in [0.25, 0.3) is 0 Å². The molecule has 0 bridgehead atoms. The molecule has 0 radical (unpaired) electrons. The number of Topliss-reactive ketones (excluding diaryl/α,β-unsaturated/α-hetero) is 1. The number of halogens is 3. The number of anilines is 2. The van der Waals surface area contributed by atoms with Crippen LogP contribution in [0.15, 0.2) is 86.4 Å². The number of nitrogens with zero attached hydrogens (tertiary/aromatic N) is 3. The molecule has 1 unspecified atom stereocenters. The number of hydrogen-bond donors (Lipinski definition) is 1. The Balaban J connectivity index is 1.31. The number of benzene rings is 1. The van der Waals surface area contributed by atoms with Gasteiger partial charge in [0.05, 0.1) is 24.2 Å². The predicted molar refractivity (Wildman–Crippen MR) is 186 cm³/mol. The van der Waals surface area contributed by atoms with Gasteiger partial charge in [0, 0.05) is 48.6 Å². The van der Waals surface area contributed by atoms with Crippen LogP contribution in [0.4, 0.5) is 24.9 Å². The van der Waals surface area contributed by atoms with E-state index in [-0.39, 0.29) is 56.7 Å². The number of aromatic nitrogens is 1. The summed E-state index contributed by atoms with van der Waals surface area (Å²) in [6.45, 7) is 9.63. The lowest BCUT2D eigenvalue weighted by atomic mass is 9.80. The van der Waals surface area contributed by atoms with E-state index in [9.17, 15) is 22.8 Å². The van der Waals surface area contributed by atoms with Gasteiger partial charge in [-0.05, 0) is 73.8 Å². The first kappa shape index (κ1) is 34.4. The van der Waals surface area contributed by atoms with Crippen LogP contribution in [0.25, 0.3) is 22.1 Å². The average Bonchev–Trinajstić information content (AvgIpc) is 3.57. The molecule has 1 N–H and O–H groups in total. The third-order valence-electron chi connectivity index (χ3n) is 9.77. The molecule has 1 saturated heterocycles. The summed E-state index contributed by atoms with van der Waals surface area (Å²) in [6.07, 6.45) is 6.59. The first-order valence-corrected chi connectivity index (χ1v) is 17.0. The number of nitrogens with one attached hydrogen (secondary N) is 1. The van der Waals surface area contributed by atoms with Gasteiger partial charge in [-0.2, -0.15) is 13.2 Å². The second-order valence-corrected chi connectivity index (χ2v) is 12.8. The predicted octanol–water partition coefficient (Wildman–Crippen LogP) is 8.49. The molecule has 11 heteroatoms. The highest BCUT2D eigenvalue weighted by molar-refractivity contribution is 6.07. The monoisotopic (exact) mass is 674 g/mol. The molecule has 1 saturated carbocycles. The SMILES string of the molecule is C=C(/N=C1/CCC(C2CCCC2)C(C(=O)CC)=CC1=CC)Nc1cc(C(F)(F)F)c(-c2cccc3c(=O)cc(N4CCOCC4)oc23)cn1. The largest absolute Gasteiger partial charge is 0.440 e. The highest BCUT2D eigenvalue weighted by Gasteiger charge is 2.36. The molecular weight excluding hydrogens is 633 g/mol. The summed E-state index contributed by atoms with van der Waals surface area (Å²) in [6, 6.07) is 6.84. The van der Waals surface area contributed by atoms with Crippen molar-refractivity contribution in [3.63, 3.8) is 0 Å². The lowest BCUT2D eigenvalue weighted by Gasteiger charge is -2.27. The van der Waals surface area contributed by atoms with E-state index in [1.54, 1.807) is 0 Å². The second-order valence-electron chi connectivity index (χ2n) is 12.8. The summed E-state index contributed by atoms with van der Waals surface area (Å²) in [5.41, 5.74) is 1.01. The number of pyridine rings is 1. The fraction of sp³-hybridized carbons (Fsp3) is 0.421. The number of morpholine rings is 1. The van der Waals surface area contributed by atoms with E-state index >= 15 is 0 Å². The number of para-hydroxylation sites is 1. The van der Waals surface area contributed by atoms with Gasteiger partial charge >= 0.3 is 6.18 Å². The first-order valence-electron chi connectivity index (χ1n) is 17.0. The zero-order valence-electron chi connectivity index (χ0n) is 27.9. The summed E-state index contributed by atoms with van der Waals surface area (Å²) in [4.78, 5) is 37.0. The van der Waals surface area contributed by atoms with Crippen molar-refractivity contribution in [1.82, 2.24) is 4.98 Å². The van der Waals surface area contributed by atoms with Crippen LogP contribution in [0.2, 0.25) is 0 Å². The Morgan fingerprint density at radius 3 is 2.59 bits per heavy atom. The van der Waals surface area contributed by atoms with Crippen LogP contribution in [0.3, 0.4) is 0 Å². The molecule has 1 atom stereocenters. The number of rotatable bonds is 8. The third kappa shape index (κ3) is 7.41. The number of hydrogen-bond acceptors (Lipinski definition) is 8. The van der Waals surface area contributed by atoms with Gasteiger partial charge in [-0.1, -0.05) is 44.6 Å². The van der Waals surface area contributed by atoms with Crippen LogP contribution in [-0.2, 0) is 15.7 Å². The normalized spacial score (nSPS) is 20.9. The molecule has 2 aliphatic carbocycles. The van der Waals surface area contributed by atoms with Crippen molar-refractivity contribution in [2.24, 2.45) is 16.8 Å². The molecule has 49 heavy (non-hydrogen) atoms. The van der Waals surface area contributed by atoms with Gasteiger partial charge < -0.3 is 19.4 Å². The van der Waals surface area contributed by atoms with Gasteiger partial charge in [0.2, 0.25) is 0 Å². The lowest BCUT2D eigenvalue weighted by Crippen LogP contribution is -2.36. The molecule has 258 valence electrons. The quantitative estimate of drug-likeness (QED) is 0.256. The van der Waals surface area contributed by atoms with Crippen molar-refractivity contribution in [3.05, 3.63) is 88.0 Å². The van der Waals surface area contributed by atoms with Crippen LogP contribution < -0.4 is 15.6 Å². The van der Waals surface area contributed by atoms with Crippen molar-refractivity contribution in [3.8, 4) is 11.1 Å². The van der Waals surface area contributed by atoms with E-state index in [2.05, 4.69) is 16.9 Å². The van der Waals surface area contributed by atoms with Crippen LogP contribution >= 0.6 is 0 Å². The minimum Gasteiger partial charge on any atom is -0.440 e. The topological polar surface area (TPSA) is 97.0 Å². The molecule has 0 spiro atoms. The fourth-order valence-corrected chi connectivity index (χ4v) is 7.29. The summed E-state index contributed by atoms with van der Waals surface area (Å²) in [5.74, 6) is 1.08. The molecule has 3 aliphatic rings. The molecule has 2 fully saturated rings. The van der Waals surface area contributed by atoms with Crippen molar-refractivity contribution < 1.29 is 27.1 Å². The molecule has 2 aromatic heterocycles. The molecule has 1 aromatic carbocycles. The third-order valence-corrected chi connectivity index (χ3v) is 9.77. The number of allylic oxidation sites excluding steroid dienone is 4. The molecule has 6 rings (SSSR count). The molecule has 3 heterocycles. The Kier molecular flexibility index (Phi) is 10.2.